The van der Waals surface area contributed by atoms with Crippen LogP contribution < -0.4 is 4.74 Å². The summed E-state index contributed by atoms with van der Waals surface area (Å²) in [6.07, 6.45) is 2.80. The minimum absolute atomic E-state index is 0.00107. The Hall–Kier alpha value is -2.34. The van der Waals surface area contributed by atoms with Gasteiger partial charge in [0, 0.05) is 30.9 Å². The summed E-state index contributed by atoms with van der Waals surface area (Å²) in [5.41, 5.74) is 3.51. The van der Waals surface area contributed by atoms with E-state index in [9.17, 15) is 13.2 Å². The van der Waals surface area contributed by atoms with Gasteiger partial charge in [0.2, 0.25) is 5.88 Å². The monoisotopic (exact) mass is 374 g/mol. The van der Waals surface area contributed by atoms with Gasteiger partial charge in [0.25, 0.3) is 0 Å². The van der Waals surface area contributed by atoms with Crippen LogP contribution in [0.5, 0.6) is 5.88 Å². The summed E-state index contributed by atoms with van der Waals surface area (Å²) in [7, 11) is 0. The van der Waals surface area contributed by atoms with Crippen LogP contribution in [0, 0.1) is 0 Å². The Bertz CT molecular complexity index is 802. The quantitative estimate of drug-likeness (QED) is 0.749. The zero-order valence-corrected chi connectivity index (χ0v) is 14.8. The van der Waals surface area contributed by atoms with Gasteiger partial charge in [0.1, 0.15) is 0 Å². The third kappa shape index (κ3) is 4.33. The third-order valence-corrected chi connectivity index (χ3v) is 5.24. The lowest BCUT2D eigenvalue weighted by Crippen LogP contribution is -2.37. The fourth-order valence-electron chi connectivity index (χ4n) is 3.98. The van der Waals surface area contributed by atoms with E-state index in [4.69, 9.17) is 0 Å². The van der Waals surface area contributed by atoms with E-state index in [1.807, 2.05) is 6.07 Å². The van der Waals surface area contributed by atoms with Gasteiger partial charge in [-0.15, -0.1) is 0 Å². The van der Waals surface area contributed by atoms with Crippen LogP contribution in [-0.2, 0) is 6.54 Å². The van der Waals surface area contributed by atoms with E-state index in [0.29, 0.717) is 12.1 Å². The number of aromatic nitrogens is 1. The Balaban J connectivity index is 1.44. The normalized spacial score (nSPS) is 22.6. The van der Waals surface area contributed by atoms with Gasteiger partial charge >= 0.3 is 6.18 Å². The summed E-state index contributed by atoms with van der Waals surface area (Å²) >= 11 is 0. The van der Waals surface area contributed by atoms with Gasteiger partial charge in [0.05, 0.1) is 0 Å². The van der Waals surface area contributed by atoms with Crippen LogP contribution in [-0.4, -0.2) is 34.8 Å². The Morgan fingerprint density at radius 1 is 1.07 bits per heavy atom. The predicted octanol–water partition coefficient (Wildman–Crippen LogP) is 4.84. The molecule has 2 bridgehead atoms. The lowest BCUT2D eigenvalue weighted by molar-refractivity contribution is -0.154. The molecular weight excluding hydrogens is 353 g/mol. The fraction of sp³-hybridized carbons (Fsp3) is 0.381. The van der Waals surface area contributed by atoms with Crippen molar-refractivity contribution in [3.63, 3.8) is 0 Å². The zero-order chi connectivity index (χ0) is 18.9. The molecule has 1 saturated heterocycles. The van der Waals surface area contributed by atoms with E-state index in [1.165, 1.54) is 17.2 Å². The lowest BCUT2D eigenvalue weighted by atomic mass is 9.95. The second-order valence-corrected chi connectivity index (χ2v) is 7.14. The van der Waals surface area contributed by atoms with Gasteiger partial charge in [-0.2, -0.15) is 13.2 Å². The van der Waals surface area contributed by atoms with Crippen LogP contribution >= 0.6 is 0 Å². The van der Waals surface area contributed by atoms with Crippen molar-refractivity contribution < 1.29 is 17.9 Å². The topological polar surface area (TPSA) is 25.4 Å². The molecule has 2 aliphatic heterocycles. The third-order valence-electron chi connectivity index (χ3n) is 5.24. The summed E-state index contributed by atoms with van der Waals surface area (Å²) < 4.78 is 41.4. The number of fused-ring (bicyclic) bond motifs is 2. The summed E-state index contributed by atoms with van der Waals surface area (Å²) in [5.74, 6) is 0.00107. The van der Waals surface area contributed by atoms with Crippen molar-refractivity contribution in [1.82, 2.24) is 9.88 Å². The molecule has 0 amide bonds. The van der Waals surface area contributed by atoms with Crippen molar-refractivity contribution in [3.8, 4) is 5.88 Å². The van der Waals surface area contributed by atoms with Gasteiger partial charge in [0.15, 0.2) is 6.61 Å². The molecule has 0 N–H and O–H groups in total. The van der Waals surface area contributed by atoms with Crippen molar-refractivity contribution in [1.29, 1.82) is 0 Å². The number of nitrogens with zero attached hydrogens (tertiary/aromatic N) is 2. The van der Waals surface area contributed by atoms with Crippen LogP contribution in [0.2, 0.25) is 0 Å². The average Bonchev–Trinajstić information content (AvgIpc) is 2.89. The minimum atomic E-state index is -4.35. The molecule has 0 spiro atoms. The van der Waals surface area contributed by atoms with Crippen molar-refractivity contribution >= 4 is 5.57 Å². The largest absolute Gasteiger partial charge is 0.468 e. The van der Waals surface area contributed by atoms with E-state index >= 15 is 0 Å². The number of rotatable bonds is 5. The van der Waals surface area contributed by atoms with E-state index in [1.54, 1.807) is 12.3 Å². The molecule has 4 rings (SSSR count). The maximum atomic E-state index is 12.2. The molecule has 6 heteroatoms. The SMILES string of the molecule is FC(F)(F)COc1ccc(C2=CC3CCC(C2)N3Cc2ccccc2)cn1. The molecule has 0 aliphatic carbocycles. The first-order valence-corrected chi connectivity index (χ1v) is 9.14. The van der Waals surface area contributed by atoms with Crippen molar-refractivity contribution in [2.75, 3.05) is 6.61 Å². The maximum Gasteiger partial charge on any atom is 0.422 e. The van der Waals surface area contributed by atoms with Gasteiger partial charge in [-0.1, -0.05) is 36.4 Å². The summed E-state index contributed by atoms with van der Waals surface area (Å²) in [6.45, 7) is -0.372. The molecule has 2 aromatic rings. The Morgan fingerprint density at radius 2 is 1.89 bits per heavy atom. The number of alkyl halides is 3. The first kappa shape index (κ1) is 18.0. The molecule has 3 nitrogen and oxygen atoms in total. The van der Waals surface area contributed by atoms with E-state index in [-0.39, 0.29) is 5.88 Å². The summed E-state index contributed by atoms with van der Waals surface area (Å²) in [4.78, 5) is 6.59. The molecule has 2 unspecified atom stereocenters. The van der Waals surface area contributed by atoms with Crippen molar-refractivity contribution in [3.05, 3.63) is 65.9 Å². The van der Waals surface area contributed by atoms with E-state index in [2.05, 4.69) is 45.0 Å². The zero-order valence-electron chi connectivity index (χ0n) is 14.8. The second kappa shape index (κ2) is 7.35. The first-order chi connectivity index (χ1) is 13.0. The first-order valence-electron chi connectivity index (χ1n) is 9.14. The number of pyridine rings is 1. The van der Waals surface area contributed by atoms with Crippen LogP contribution in [0.3, 0.4) is 0 Å². The molecule has 1 aromatic heterocycles. The molecule has 142 valence electrons. The standard InChI is InChI=1S/C21H21F3N2O/c22-21(23,24)14-27-20-9-6-16(12-25-20)17-10-18-7-8-19(11-17)26(18)13-15-4-2-1-3-5-15/h1-6,9-10,12,18-19H,7-8,11,13-14H2. The number of ether oxygens (including phenoxy) is 1. The van der Waals surface area contributed by atoms with Crippen LogP contribution in [0.25, 0.3) is 5.57 Å². The molecule has 27 heavy (non-hydrogen) atoms. The fourth-order valence-corrected chi connectivity index (χ4v) is 3.98. The van der Waals surface area contributed by atoms with Gasteiger partial charge in [-0.25, -0.2) is 4.98 Å². The van der Waals surface area contributed by atoms with Gasteiger partial charge < -0.3 is 4.74 Å². The van der Waals surface area contributed by atoms with Gasteiger partial charge in [-0.3, -0.25) is 4.90 Å². The number of benzene rings is 1. The minimum Gasteiger partial charge on any atom is -0.468 e. The average molecular weight is 374 g/mol. The maximum absolute atomic E-state index is 12.2. The van der Waals surface area contributed by atoms with E-state index in [0.717, 1.165) is 31.4 Å². The number of hydrogen-bond donors (Lipinski definition) is 0. The van der Waals surface area contributed by atoms with E-state index < -0.39 is 12.8 Å². The Kier molecular flexibility index (Phi) is 4.91. The Morgan fingerprint density at radius 3 is 2.56 bits per heavy atom. The highest BCUT2D eigenvalue weighted by atomic mass is 19.4. The lowest BCUT2D eigenvalue weighted by Gasteiger charge is -2.34. The molecule has 3 heterocycles. The Labute approximate surface area is 156 Å². The van der Waals surface area contributed by atoms with Crippen LogP contribution in [0.4, 0.5) is 13.2 Å². The highest BCUT2D eigenvalue weighted by Crippen LogP contribution is 2.39. The molecule has 1 fully saturated rings. The predicted molar refractivity (Wildman–Crippen MR) is 97.2 cm³/mol. The molecule has 2 atom stereocenters. The molecule has 0 radical (unpaired) electrons. The van der Waals surface area contributed by atoms with Crippen LogP contribution in [0.15, 0.2) is 54.7 Å². The molecule has 1 aromatic carbocycles. The number of halogens is 3. The summed E-state index contributed by atoms with van der Waals surface area (Å²) in [6, 6.07) is 14.7. The highest BCUT2D eigenvalue weighted by Gasteiger charge is 2.36. The highest BCUT2D eigenvalue weighted by molar-refractivity contribution is 5.67. The molecular formula is C21H21F3N2O. The molecule has 2 aliphatic rings. The molecule has 0 saturated carbocycles. The number of hydrogen-bond acceptors (Lipinski definition) is 3. The van der Waals surface area contributed by atoms with Gasteiger partial charge in [-0.05, 0) is 42.0 Å². The smallest absolute Gasteiger partial charge is 0.422 e. The van der Waals surface area contributed by atoms with Crippen molar-refractivity contribution in [2.45, 2.75) is 44.1 Å². The second-order valence-electron chi connectivity index (χ2n) is 7.14. The van der Waals surface area contributed by atoms with Crippen LogP contribution in [0.1, 0.15) is 30.4 Å². The van der Waals surface area contributed by atoms with Crippen molar-refractivity contribution in [2.24, 2.45) is 0 Å². The summed E-state index contributed by atoms with van der Waals surface area (Å²) in [5, 5.41) is 0.